The average molecular weight is 439 g/mol. The van der Waals surface area contributed by atoms with Crippen LogP contribution in [0.2, 0.25) is 5.02 Å². The van der Waals surface area contributed by atoms with Crippen molar-refractivity contribution >= 4 is 23.5 Å². The van der Waals surface area contributed by atoms with E-state index in [2.05, 4.69) is 6.92 Å². The van der Waals surface area contributed by atoms with Crippen molar-refractivity contribution in [1.29, 1.82) is 0 Å². The van der Waals surface area contributed by atoms with E-state index in [9.17, 15) is 9.59 Å². The first-order chi connectivity index (χ1) is 14.6. The summed E-state index contributed by atoms with van der Waals surface area (Å²) in [4.78, 5) is 23.5. The van der Waals surface area contributed by atoms with Gasteiger partial charge in [-0.2, -0.15) is 0 Å². The first-order valence-electron chi connectivity index (χ1n) is 11.7. The second-order valence-corrected chi connectivity index (χ2v) is 8.33. The van der Waals surface area contributed by atoms with Crippen LogP contribution in [0, 0.1) is 0 Å². The number of carbonyl (C=O) groups is 2. The molecule has 30 heavy (non-hydrogen) atoms. The molecule has 0 saturated heterocycles. The third-order valence-electron chi connectivity index (χ3n) is 5.05. The highest BCUT2D eigenvalue weighted by Gasteiger charge is 2.08. The molecule has 0 unspecified atom stereocenters. The van der Waals surface area contributed by atoms with E-state index >= 15 is 0 Å². The third-order valence-corrected chi connectivity index (χ3v) is 5.29. The van der Waals surface area contributed by atoms with Crippen molar-refractivity contribution in [2.75, 3.05) is 6.61 Å². The maximum atomic E-state index is 11.8. The van der Waals surface area contributed by atoms with E-state index in [1.165, 1.54) is 64.2 Å². The largest absolute Gasteiger partial charge is 0.466 e. The zero-order valence-electron chi connectivity index (χ0n) is 18.6. The number of unbranched alkanes of at least 4 members (excludes halogenated alkanes) is 11. The van der Waals surface area contributed by atoms with E-state index in [1.54, 1.807) is 24.3 Å². The second kappa shape index (κ2) is 18.2. The van der Waals surface area contributed by atoms with E-state index in [0.717, 1.165) is 12.8 Å². The molecule has 4 nitrogen and oxygen atoms in total. The van der Waals surface area contributed by atoms with Gasteiger partial charge in [0.15, 0.2) is 0 Å². The first kappa shape index (κ1) is 26.5. The molecule has 0 atom stereocenters. The van der Waals surface area contributed by atoms with Gasteiger partial charge in [-0.25, -0.2) is 0 Å². The summed E-state index contributed by atoms with van der Waals surface area (Å²) in [5, 5.41) is 0.515. The van der Waals surface area contributed by atoms with Crippen molar-refractivity contribution < 1.29 is 19.1 Å². The molecule has 1 aromatic rings. The minimum Gasteiger partial charge on any atom is -0.466 e. The number of benzene rings is 1. The van der Waals surface area contributed by atoms with Gasteiger partial charge in [-0.05, 0) is 31.0 Å². The SMILES string of the molecule is CCCCCCCCCCCCCCOC(=O)CCCC(=O)Oc1cccc(Cl)c1. The summed E-state index contributed by atoms with van der Waals surface area (Å²) in [7, 11) is 0. The number of hydrogen-bond donors (Lipinski definition) is 0. The molecule has 0 fully saturated rings. The lowest BCUT2D eigenvalue weighted by Gasteiger charge is -2.06. The summed E-state index contributed by atoms with van der Waals surface area (Å²) in [6.45, 7) is 2.73. The van der Waals surface area contributed by atoms with Crippen molar-refractivity contribution in [2.45, 2.75) is 103 Å². The molecule has 0 saturated carbocycles. The van der Waals surface area contributed by atoms with Crippen LogP contribution in [0.15, 0.2) is 24.3 Å². The van der Waals surface area contributed by atoms with Crippen LogP contribution in [0.1, 0.15) is 103 Å². The van der Waals surface area contributed by atoms with Crippen molar-refractivity contribution in [3.8, 4) is 5.75 Å². The summed E-state index contributed by atoms with van der Waals surface area (Å²) in [5.74, 6) is -0.193. The predicted octanol–water partition coefficient (Wildman–Crippen LogP) is 7.66. The maximum absolute atomic E-state index is 11.8. The predicted molar refractivity (Wildman–Crippen MR) is 123 cm³/mol. The Hall–Kier alpha value is -1.55. The van der Waals surface area contributed by atoms with Gasteiger partial charge in [0.25, 0.3) is 0 Å². The highest BCUT2D eigenvalue weighted by molar-refractivity contribution is 6.30. The van der Waals surface area contributed by atoms with E-state index < -0.39 is 0 Å². The molecular weight excluding hydrogens is 400 g/mol. The van der Waals surface area contributed by atoms with E-state index in [-0.39, 0.29) is 24.8 Å². The molecule has 0 amide bonds. The van der Waals surface area contributed by atoms with Crippen LogP contribution in [0.3, 0.4) is 0 Å². The van der Waals surface area contributed by atoms with E-state index in [0.29, 0.717) is 23.8 Å². The Bertz CT molecular complexity index is 588. The van der Waals surface area contributed by atoms with Crippen LogP contribution in [0.5, 0.6) is 5.75 Å². The van der Waals surface area contributed by atoms with Crippen molar-refractivity contribution in [3.63, 3.8) is 0 Å². The number of carbonyl (C=O) groups excluding carboxylic acids is 2. The topological polar surface area (TPSA) is 52.6 Å². The van der Waals surface area contributed by atoms with Crippen LogP contribution in [0.25, 0.3) is 0 Å². The first-order valence-corrected chi connectivity index (χ1v) is 12.1. The quantitative estimate of drug-likeness (QED) is 0.134. The van der Waals surface area contributed by atoms with Gasteiger partial charge in [0.2, 0.25) is 0 Å². The van der Waals surface area contributed by atoms with Gasteiger partial charge in [0, 0.05) is 17.9 Å². The van der Waals surface area contributed by atoms with Crippen LogP contribution < -0.4 is 4.74 Å². The van der Waals surface area contributed by atoms with Gasteiger partial charge in [0.05, 0.1) is 6.61 Å². The number of esters is 2. The molecule has 0 N–H and O–H groups in total. The van der Waals surface area contributed by atoms with Gasteiger partial charge >= 0.3 is 11.9 Å². The van der Waals surface area contributed by atoms with Gasteiger partial charge in [0.1, 0.15) is 5.75 Å². The maximum Gasteiger partial charge on any atom is 0.311 e. The van der Waals surface area contributed by atoms with Crippen LogP contribution in [-0.4, -0.2) is 18.5 Å². The van der Waals surface area contributed by atoms with Crippen LogP contribution >= 0.6 is 11.6 Å². The van der Waals surface area contributed by atoms with Crippen molar-refractivity contribution in [1.82, 2.24) is 0 Å². The van der Waals surface area contributed by atoms with Gasteiger partial charge in [-0.15, -0.1) is 0 Å². The average Bonchev–Trinajstić information content (AvgIpc) is 2.71. The molecule has 5 heteroatoms. The Morgan fingerprint density at radius 1 is 0.767 bits per heavy atom. The van der Waals surface area contributed by atoms with E-state index in [1.807, 2.05) is 0 Å². The number of halogens is 1. The summed E-state index contributed by atoms with van der Waals surface area (Å²) in [6, 6.07) is 6.69. The molecule has 1 rings (SSSR count). The van der Waals surface area contributed by atoms with Crippen LogP contribution in [-0.2, 0) is 14.3 Å². The Kier molecular flexibility index (Phi) is 16.1. The molecule has 0 heterocycles. The monoisotopic (exact) mass is 438 g/mol. The minimum atomic E-state index is -0.369. The zero-order valence-corrected chi connectivity index (χ0v) is 19.4. The highest BCUT2D eigenvalue weighted by atomic mass is 35.5. The summed E-state index contributed by atoms with van der Waals surface area (Å²) < 4.78 is 10.4. The molecule has 0 spiro atoms. The lowest BCUT2D eigenvalue weighted by atomic mass is 10.1. The second-order valence-electron chi connectivity index (χ2n) is 7.89. The molecule has 0 aromatic heterocycles. The smallest absolute Gasteiger partial charge is 0.311 e. The fourth-order valence-corrected chi connectivity index (χ4v) is 3.47. The van der Waals surface area contributed by atoms with Gasteiger partial charge in [-0.1, -0.05) is 95.2 Å². The Morgan fingerprint density at radius 2 is 1.33 bits per heavy atom. The highest BCUT2D eigenvalue weighted by Crippen LogP contribution is 2.18. The zero-order chi connectivity index (χ0) is 21.9. The molecule has 0 bridgehead atoms. The summed E-state index contributed by atoms with van der Waals surface area (Å²) in [6.07, 6.45) is 16.2. The van der Waals surface area contributed by atoms with Gasteiger partial charge in [-0.3, -0.25) is 9.59 Å². The van der Waals surface area contributed by atoms with Crippen LogP contribution in [0.4, 0.5) is 0 Å². The fraction of sp³-hybridized carbons (Fsp3) is 0.680. The van der Waals surface area contributed by atoms with Crippen molar-refractivity contribution in [3.05, 3.63) is 29.3 Å². The Morgan fingerprint density at radius 3 is 1.93 bits per heavy atom. The standard InChI is InChI=1S/C25H39ClO4/c1-2-3-4-5-6-7-8-9-10-11-12-13-20-29-24(27)18-15-19-25(28)30-23-17-14-16-22(26)21-23/h14,16-17,21H,2-13,15,18-20H2,1H3. The molecular formula is C25H39ClO4. The molecule has 0 aliphatic carbocycles. The number of hydrogen-bond acceptors (Lipinski definition) is 4. The number of ether oxygens (including phenoxy) is 2. The molecule has 0 aliphatic heterocycles. The normalized spacial score (nSPS) is 10.7. The Balaban J connectivity index is 1.87. The minimum absolute atomic E-state index is 0.181. The molecule has 0 aliphatic rings. The fourth-order valence-electron chi connectivity index (χ4n) is 3.29. The lowest BCUT2D eigenvalue weighted by Crippen LogP contribution is -2.10. The van der Waals surface area contributed by atoms with E-state index in [4.69, 9.17) is 21.1 Å². The summed E-state index contributed by atoms with van der Waals surface area (Å²) >= 11 is 5.85. The van der Waals surface area contributed by atoms with Gasteiger partial charge < -0.3 is 9.47 Å². The lowest BCUT2D eigenvalue weighted by molar-refractivity contribution is -0.144. The Labute approximate surface area is 187 Å². The van der Waals surface area contributed by atoms with Crippen molar-refractivity contribution in [2.24, 2.45) is 0 Å². The molecule has 1 aromatic carbocycles. The molecule has 170 valence electrons. The third kappa shape index (κ3) is 15.3. The summed E-state index contributed by atoms with van der Waals surface area (Å²) in [5.41, 5.74) is 0. The molecule has 0 radical (unpaired) electrons. The number of rotatable bonds is 18.